The normalized spacial score (nSPS) is 18.4. The molecular formula is C50H67N5O3Si. The zero-order chi connectivity index (χ0) is 42.5. The molecule has 8 nitrogen and oxygen atoms in total. The first kappa shape index (κ1) is 44.1. The number of aromatic amines is 1. The molecule has 2 aliphatic heterocycles. The van der Waals surface area contributed by atoms with Crippen LogP contribution in [0.15, 0.2) is 83.7 Å². The van der Waals surface area contributed by atoms with Gasteiger partial charge < -0.3 is 24.5 Å². The fraction of sp³-hybridized carbons (Fsp3) is 0.480. The van der Waals surface area contributed by atoms with Gasteiger partial charge in [-0.2, -0.15) is 0 Å². The quantitative estimate of drug-likeness (QED) is 0.122. The van der Waals surface area contributed by atoms with Crippen LogP contribution in [0.4, 0.5) is 5.69 Å². The van der Waals surface area contributed by atoms with Crippen molar-refractivity contribution in [2.75, 3.05) is 44.3 Å². The Hall–Kier alpha value is -4.46. The average Bonchev–Trinajstić information content (AvgIpc) is 3.20. The summed E-state index contributed by atoms with van der Waals surface area (Å²) in [6.45, 7) is 27.3. The summed E-state index contributed by atoms with van der Waals surface area (Å²) in [7, 11) is -2.49. The summed E-state index contributed by atoms with van der Waals surface area (Å²) in [5, 5.41) is 6.04. The zero-order valence-corrected chi connectivity index (χ0v) is 38.2. The highest BCUT2D eigenvalue weighted by Gasteiger charge is 2.56. The fourth-order valence-corrected chi connectivity index (χ4v) is 16.5. The summed E-state index contributed by atoms with van der Waals surface area (Å²) >= 11 is 0. The summed E-state index contributed by atoms with van der Waals surface area (Å²) in [5.74, 6) is 7.02. The fourth-order valence-electron chi connectivity index (χ4n) is 10.2. The molecule has 0 saturated carbocycles. The second-order valence-corrected chi connectivity index (χ2v) is 22.7. The first-order valence-corrected chi connectivity index (χ1v) is 23.7. The maximum absolute atomic E-state index is 14.2. The molecule has 0 unspecified atom stereocenters. The van der Waals surface area contributed by atoms with Gasteiger partial charge in [0.25, 0.3) is 11.5 Å². The summed E-state index contributed by atoms with van der Waals surface area (Å²) in [4.78, 5) is 35.1. The van der Waals surface area contributed by atoms with E-state index in [-0.39, 0.29) is 29.0 Å². The van der Waals surface area contributed by atoms with Gasteiger partial charge in [-0.05, 0) is 98.1 Å². The van der Waals surface area contributed by atoms with Crippen LogP contribution in [0.1, 0.15) is 112 Å². The lowest BCUT2D eigenvalue weighted by molar-refractivity contribution is 0.0845. The molecule has 2 saturated heterocycles. The van der Waals surface area contributed by atoms with Crippen molar-refractivity contribution in [2.24, 2.45) is 0 Å². The van der Waals surface area contributed by atoms with Crippen molar-refractivity contribution >= 4 is 30.2 Å². The summed E-state index contributed by atoms with van der Waals surface area (Å²) < 4.78 is 8.63. The standard InChI is InChI=1S/C50H67N5O3Si/c1-11-54(41-24-27-58-28-25-41)47-31-40(30-45(39(47)7)48(56)51-32-46-44(35(2)3)29-36(4)52-49(46)57)19-18-26-53-33-37(5)55(38(6)34-53)59(50(8,9)10,42-20-14-12-15-21-42)43-22-16-13-17-23-43/h12-17,20-23,29-31,35,37-38,41H,11,24-28,32-34H2,1-10H3,(H,51,56)(H,52,57)/t37-,38+. The number of aryl methyl sites for hydroxylation is 1. The molecule has 3 heterocycles. The number of hydrogen-bond acceptors (Lipinski definition) is 6. The van der Waals surface area contributed by atoms with Crippen molar-refractivity contribution < 1.29 is 9.53 Å². The molecule has 314 valence electrons. The third-order valence-electron chi connectivity index (χ3n) is 12.6. The van der Waals surface area contributed by atoms with Crippen molar-refractivity contribution in [3.63, 3.8) is 0 Å². The van der Waals surface area contributed by atoms with E-state index < -0.39 is 8.24 Å². The molecule has 59 heavy (non-hydrogen) atoms. The first-order chi connectivity index (χ1) is 28.2. The second kappa shape index (κ2) is 18.9. The molecular weight excluding hydrogens is 747 g/mol. The lowest BCUT2D eigenvalue weighted by Crippen LogP contribution is -2.80. The number of nitrogens with one attached hydrogen (secondary N) is 2. The molecule has 3 aromatic carbocycles. The van der Waals surface area contributed by atoms with Gasteiger partial charge >= 0.3 is 0 Å². The maximum Gasteiger partial charge on any atom is 0.253 e. The highest BCUT2D eigenvalue weighted by atomic mass is 28.3. The van der Waals surface area contributed by atoms with Crippen molar-refractivity contribution in [3.8, 4) is 11.8 Å². The molecule has 0 bridgehead atoms. The lowest BCUT2D eigenvalue weighted by atomic mass is 9.97. The van der Waals surface area contributed by atoms with E-state index in [1.807, 2.05) is 26.0 Å². The molecule has 4 aromatic rings. The van der Waals surface area contributed by atoms with Gasteiger partial charge in [-0.1, -0.05) is 107 Å². The van der Waals surface area contributed by atoms with Crippen LogP contribution in [0, 0.1) is 25.7 Å². The number of piperazine rings is 1. The number of carbonyl (C=O) groups is 1. The Morgan fingerprint density at radius 2 is 1.54 bits per heavy atom. The highest BCUT2D eigenvalue weighted by Crippen LogP contribution is 2.41. The largest absolute Gasteiger partial charge is 0.381 e. The summed E-state index contributed by atoms with van der Waals surface area (Å²) in [6.07, 6.45) is 1.88. The summed E-state index contributed by atoms with van der Waals surface area (Å²) in [6, 6.07) is 29.6. The van der Waals surface area contributed by atoms with E-state index in [1.165, 1.54) is 10.4 Å². The molecule has 1 amide bonds. The SMILES string of the molecule is CCN(c1cc(C#CCN2C[C@@H](C)N([Si](c3ccccc3)(c3ccccc3)C(C)(C)C)[C@@H](C)C2)cc(C(=O)NCc2c(C(C)C)cc(C)[nH]c2=O)c1C)C1CCOCC1. The highest BCUT2D eigenvalue weighted by molar-refractivity contribution is 7.02. The van der Waals surface area contributed by atoms with E-state index in [0.717, 1.165) is 73.8 Å². The van der Waals surface area contributed by atoms with E-state index >= 15 is 0 Å². The van der Waals surface area contributed by atoms with Crippen LogP contribution in [-0.4, -0.2) is 86.1 Å². The van der Waals surface area contributed by atoms with Crippen LogP contribution >= 0.6 is 0 Å². The third kappa shape index (κ3) is 9.32. The van der Waals surface area contributed by atoms with E-state index in [4.69, 9.17) is 4.74 Å². The van der Waals surface area contributed by atoms with Crippen molar-refractivity contribution in [1.29, 1.82) is 0 Å². The van der Waals surface area contributed by atoms with E-state index in [2.05, 4.69) is 159 Å². The Balaban J connectivity index is 1.29. The van der Waals surface area contributed by atoms with Gasteiger partial charge in [0, 0.05) is 85.6 Å². The van der Waals surface area contributed by atoms with Crippen molar-refractivity contribution in [2.45, 2.75) is 118 Å². The zero-order valence-electron chi connectivity index (χ0n) is 37.2. The van der Waals surface area contributed by atoms with E-state index in [0.29, 0.717) is 35.8 Å². The van der Waals surface area contributed by atoms with Crippen LogP contribution < -0.4 is 26.1 Å². The number of anilines is 1. The Kier molecular flexibility index (Phi) is 14.1. The minimum atomic E-state index is -2.49. The molecule has 9 heteroatoms. The lowest BCUT2D eigenvalue weighted by Gasteiger charge is -2.58. The molecule has 0 radical (unpaired) electrons. The van der Waals surface area contributed by atoms with Crippen molar-refractivity contribution in [3.05, 3.63) is 123 Å². The number of ether oxygens (including phenoxy) is 1. The number of rotatable bonds is 11. The van der Waals surface area contributed by atoms with Crippen LogP contribution in [0.25, 0.3) is 0 Å². The average molecular weight is 814 g/mol. The topological polar surface area (TPSA) is 80.9 Å². The first-order valence-electron chi connectivity index (χ1n) is 21.8. The molecule has 2 N–H and O–H groups in total. The number of H-pyrrole nitrogens is 1. The van der Waals surface area contributed by atoms with Gasteiger partial charge in [0.1, 0.15) is 0 Å². The molecule has 0 spiro atoms. The van der Waals surface area contributed by atoms with E-state index in [9.17, 15) is 9.59 Å². The minimum absolute atomic E-state index is 0.0247. The van der Waals surface area contributed by atoms with Gasteiger partial charge in [0.2, 0.25) is 0 Å². The Morgan fingerprint density at radius 1 is 0.949 bits per heavy atom. The monoisotopic (exact) mass is 814 g/mol. The molecule has 6 rings (SSSR count). The molecule has 2 atom stereocenters. The van der Waals surface area contributed by atoms with Crippen molar-refractivity contribution in [1.82, 2.24) is 19.8 Å². The number of amides is 1. The second-order valence-electron chi connectivity index (χ2n) is 18.1. The third-order valence-corrected chi connectivity index (χ3v) is 18.8. The van der Waals surface area contributed by atoms with Crippen LogP contribution in [-0.2, 0) is 11.3 Å². The van der Waals surface area contributed by atoms with Gasteiger partial charge in [-0.3, -0.25) is 14.5 Å². The summed E-state index contributed by atoms with van der Waals surface area (Å²) in [5.41, 5.74) is 5.59. The van der Waals surface area contributed by atoms with Crippen LogP contribution in [0.5, 0.6) is 0 Å². The number of hydrogen-bond donors (Lipinski definition) is 2. The minimum Gasteiger partial charge on any atom is -0.381 e. The van der Waals surface area contributed by atoms with Gasteiger partial charge in [0.15, 0.2) is 8.24 Å². The number of pyridine rings is 1. The molecule has 2 fully saturated rings. The Labute approximate surface area is 354 Å². The predicted octanol–water partition coefficient (Wildman–Crippen LogP) is 7.36. The smallest absolute Gasteiger partial charge is 0.253 e. The number of nitrogens with zero attached hydrogens (tertiary/aromatic N) is 3. The molecule has 0 aliphatic carbocycles. The molecule has 2 aliphatic rings. The Bertz CT molecular complexity index is 2130. The van der Waals surface area contributed by atoms with Gasteiger partial charge in [-0.15, -0.1) is 0 Å². The van der Waals surface area contributed by atoms with E-state index in [1.54, 1.807) is 0 Å². The number of aromatic nitrogens is 1. The predicted molar refractivity (Wildman–Crippen MR) is 247 cm³/mol. The van der Waals surface area contributed by atoms with Crippen LogP contribution in [0.3, 0.4) is 0 Å². The maximum atomic E-state index is 14.2. The number of benzene rings is 3. The van der Waals surface area contributed by atoms with Gasteiger partial charge in [0.05, 0.1) is 6.54 Å². The van der Waals surface area contributed by atoms with Crippen LogP contribution in [0.2, 0.25) is 5.04 Å². The number of carbonyl (C=O) groups excluding carboxylic acids is 1. The Morgan fingerprint density at radius 3 is 2.08 bits per heavy atom. The molecule has 1 aromatic heterocycles. The van der Waals surface area contributed by atoms with Gasteiger partial charge in [-0.25, -0.2) is 0 Å².